The number of hydrogen-bond acceptors (Lipinski definition) is 0. The monoisotopic (exact) mass is 328 g/mol. The van der Waals surface area contributed by atoms with Gasteiger partial charge in [0, 0.05) is 10.9 Å². The van der Waals surface area contributed by atoms with Crippen LogP contribution in [0, 0.1) is 24.4 Å². The van der Waals surface area contributed by atoms with E-state index >= 15 is 0 Å². The van der Waals surface area contributed by atoms with Crippen LogP contribution < -0.4 is 0 Å². The molecule has 0 aliphatic heterocycles. The van der Waals surface area contributed by atoms with Crippen LogP contribution in [0.3, 0.4) is 0 Å². The average molecular weight is 329 g/mol. The van der Waals surface area contributed by atoms with E-state index in [0.717, 1.165) is 17.2 Å². The summed E-state index contributed by atoms with van der Waals surface area (Å²) >= 11 is 3.42. The van der Waals surface area contributed by atoms with E-state index in [4.69, 9.17) is 0 Å². The first-order valence-electron chi connectivity index (χ1n) is 5.81. The highest BCUT2D eigenvalue weighted by Gasteiger charge is 2.13. The lowest BCUT2D eigenvalue weighted by molar-refractivity contribution is 0.571. The largest absolute Gasteiger partial charge is 0.207 e. The Balaban J connectivity index is 2.22. The van der Waals surface area contributed by atoms with Gasteiger partial charge in [0.25, 0.3) is 0 Å². The normalized spacial score (nSPS) is 12.5. The number of halogens is 4. The molecule has 0 aliphatic carbocycles. The van der Waals surface area contributed by atoms with Crippen molar-refractivity contribution in [1.29, 1.82) is 0 Å². The minimum Gasteiger partial charge on any atom is -0.207 e. The molecule has 0 aliphatic rings. The molecule has 19 heavy (non-hydrogen) atoms. The van der Waals surface area contributed by atoms with Crippen molar-refractivity contribution in [1.82, 2.24) is 0 Å². The van der Waals surface area contributed by atoms with Gasteiger partial charge in [0.05, 0.1) is 0 Å². The maximum Gasteiger partial charge on any atom is 0.129 e. The molecule has 0 saturated carbocycles. The molecule has 4 heteroatoms. The van der Waals surface area contributed by atoms with E-state index in [0.29, 0.717) is 12.0 Å². The second-order valence-corrected chi connectivity index (χ2v) is 5.57. The summed E-state index contributed by atoms with van der Waals surface area (Å²) in [4.78, 5) is -0.220. The van der Waals surface area contributed by atoms with Crippen molar-refractivity contribution in [3.05, 3.63) is 70.5 Å². The zero-order valence-electron chi connectivity index (χ0n) is 10.3. The summed E-state index contributed by atoms with van der Waals surface area (Å²) in [5.74, 6) is -1.51. The predicted octanol–water partition coefficient (Wildman–Crippen LogP) is 5.09. The molecule has 0 N–H and O–H groups in total. The van der Waals surface area contributed by atoms with Crippen molar-refractivity contribution in [2.75, 3.05) is 0 Å². The summed E-state index contributed by atoms with van der Waals surface area (Å²) in [5.41, 5.74) is 1.94. The third kappa shape index (κ3) is 3.60. The van der Waals surface area contributed by atoms with Crippen LogP contribution in [0.2, 0.25) is 0 Å². The Hall–Kier alpha value is -1.29. The van der Waals surface area contributed by atoms with Crippen molar-refractivity contribution in [3.63, 3.8) is 0 Å². The van der Waals surface area contributed by atoms with Gasteiger partial charge in [-0.05, 0) is 48.2 Å². The highest BCUT2D eigenvalue weighted by molar-refractivity contribution is 9.09. The minimum absolute atomic E-state index is 0.220. The van der Waals surface area contributed by atoms with E-state index in [1.54, 1.807) is 6.92 Å². The van der Waals surface area contributed by atoms with Gasteiger partial charge in [-0.15, -0.1) is 0 Å². The quantitative estimate of drug-likeness (QED) is 0.688. The Kier molecular flexibility index (Phi) is 4.30. The topological polar surface area (TPSA) is 0 Å². The van der Waals surface area contributed by atoms with Gasteiger partial charge in [0.1, 0.15) is 17.5 Å². The predicted molar refractivity (Wildman–Crippen MR) is 72.9 cm³/mol. The second-order valence-electron chi connectivity index (χ2n) is 4.47. The van der Waals surface area contributed by atoms with Crippen LogP contribution in [0.4, 0.5) is 13.2 Å². The average Bonchev–Trinajstić information content (AvgIpc) is 2.31. The first kappa shape index (κ1) is 14.1. The number of aryl methyl sites for hydroxylation is 1. The van der Waals surface area contributed by atoms with E-state index in [9.17, 15) is 13.2 Å². The van der Waals surface area contributed by atoms with Crippen LogP contribution in [0.25, 0.3) is 0 Å². The highest BCUT2D eigenvalue weighted by Crippen LogP contribution is 2.29. The molecule has 1 unspecified atom stereocenters. The second kappa shape index (κ2) is 5.78. The zero-order valence-corrected chi connectivity index (χ0v) is 11.8. The highest BCUT2D eigenvalue weighted by atomic mass is 79.9. The Bertz CT molecular complexity index is 576. The molecular formula is C15H12BrF3. The summed E-state index contributed by atoms with van der Waals surface area (Å²) in [6.45, 7) is 1.80. The summed E-state index contributed by atoms with van der Waals surface area (Å²) < 4.78 is 39.7. The van der Waals surface area contributed by atoms with Crippen LogP contribution in [0.15, 0.2) is 36.4 Å². The van der Waals surface area contributed by atoms with Gasteiger partial charge >= 0.3 is 0 Å². The SMILES string of the molecule is Cc1cc(F)cc(C(Br)Cc2ccc(F)cc2F)c1. The summed E-state index contributed by atoms with van der Waals surface area (Å²) in [6, 6.07) is 8.16. The molecule has 1 atom stereocenters. The van der Waals surface area contributed by atoms with Gasteiger partial charge in [-0.1, -0.05) is 28.1 Å². The fourth-order valence-electron chi connectivity index (χ4n) is 1.94. The van der Waals surface area contributed by atoms with E-state index in [-0.39, 0.29) is 10.6 Å². The van der Waals surface area contributed by atoms with Gasteiger partial charge < -0.3 is 0 Å². The third-order valence-electron chi connectivity index (χ3n) is 2.84. The van der Waals surface area contributed by atoms with Gasteiger partial charge in [-0.25, -0.2) is 13.2 Å². The van der Waals surface area contributed by atoms with Gasteiger partial charge in [0.15, 0.2) is 0 Å². The van der Waals surface area contributed by atoms with Crippen LogP contribution in [-0.4, -0.2) is 0 Å². The van der Waals surface area contributed by atoms with Crippen LogP contribution in [0.5, 0.6) is 0 Å². The maximum absolute atomic E-state index is 13.6. The van der Waals surface area contributed by atoms with Crippen molar-refractivity contribution < 1.29 is 13.2 Å². The smallest absolute Gasteiger partial charge is 0.129 e. The number of benzene rings is 2. The molecule has 2 aromatic rings. The standard InChI is InChI=1S/C15H12BrF3/c1-9-4-11(6-13(18)5-9)14(16)7-10-2-3-12(17)8-15(10)19/h2-6,8,14H,7H2,1H3. The van der Waals surface area contributed by atoms with E-state index < -0.39 is 11.6 Å². The zero-order chi connectivity index (χ0) is 14.0. The molecule has 0 bridgehead atoms. The molecule has 0 nitrogen and oxygen atoms in total. The number of alkyl halides is 1. The van der Waals surface area contributed by atoms with Crippen molar-refractivity contribution in [2.45, 2.75) is 18.2 Å². The Morgan fingerprint density at radius 1 is 1.00 bits per heavy atom. The third-order valence-corrected chi connectivity index (χ3v) is 3.69. The van der Waals surface area contributed by atoms with Gasteiger partial charge in [0.2, 0.25) is 0 Å². The Morgan fingerprint density at radius 3 is 2.37 bits per heavy atom. The summed E-state index contributed by atoms with van der Waals surface area (Å²) in [6.07, 6.45) is 0.328. The lowest BCUT2D eigenvalue weighted by atomic mass is 10.0. The molecule has 0 amide bonds. The van der Waals surface area contributed by atoms with Crippen molar-refractivity contribution in [3.8, 4) is 0 Å². The molecule has 2 aromatic carbocycles. The Labute approximate surface area is 118 Å². The van der Waals surface area contributed by atoms with Crippen LogP contribution >= 0.6 is 15.9 Å². The first-order valence-corrected chi connectivity index (χ1v) is 6.72. The lowest BCUT2D eigenvalue weighted by Crippen LogP contribution is -2.00. The maximum atomic E-state index is 13.6. The molecule has 2 rings (SSSR count). The molecule has 0 heterocycles. The van der Waals surface area contributed by atoms with Gasteiger partial charge in [-0.2, -0.15) is 0 Å². The van der Waals surface area contributed by atoms with Gasteiger partial charge in [-0.3, -0.25) is 0 Å². The molecule has 0 aromatic heterocycles. The Morgan fingerprint density at radius 2 is 1.74 bits per heavy atom. The molecule has 0 saturated heterocycles. The molecule has 0 fully saturated rings. The molecule has 100 valence electrons. The number of rotatable bonds is 3. The molecular weight excluding hydrogens is 317 g/mol. The number of hydrogen-bond donors (Lipinski definition) is 0. The lowest BCUT2D eigenvalue weighted by Gasteiger charge is -2.12. The van der Waals surface area contributed by atoms with Crippen LogP contribution in [-0.2, 0) is 6.42 Å². The van der Waals surface area contributed by atoms with E-state index in [1.807, 2.05) is 6.07 Å². The fourth-order valence-corrected chi connectivity index (χ4v) is 2.56. The van der Waals surface area contributed by atoms with E-state index in [1.165, 1.54) is 24.3 Å². The summed E-state index contributed by atoms with van der Waals surface area (Å²) in [5, 5.41) is 0. The van der Waals surface area contributed by atoms with E-state index in [2.05, 4.69) is 15.9 Å². The molecule has 0 spiro atoms. The molecule has 0 radical (unpaired) electrons. The van der Waals surface area contributed by atoms with Crippen molar-refractivity contribution in [2.24, 2.45) is 0 Å². The minimum atomic E-state index is -0.603. The van der Waals surface area contributed by atoms with Crippen molar-refractivity contribution >= 4 is 15.9 Å². The van der Waals surface area contributed by atoms with Crippen LogP contribution in [0.1, 0.15) is 21.5 Å². The fraction of sp³-hybridized carbons (Fsp3) is 0.200. The first-order chi connectivity index (χ1) is 8.95. The summed E-state index contributed by atoms with van der Waals surface area (Å²) in [7, 11) is 0.